The van der Waals surface area contributed by atoms with Gasteiger partial charge in [-0.25, -0.2) is 4.98 Å². The van der Waals surface area contributed by atoms with Gasteiger partial charge >= 0.3 is 0 Å². The minimum absolute atomic E-state index is 0.0311. The number of aromatic nitrogens is 2. The number of para-hydroxylation sites is 1. The fourth-order valence-corrected chi connectivity index (χ4v) is 4.25. The molecule has 1 aliphatic rings. The first-order chi connectivity index (χ1) is 14.4. The van der Waals surface area contributed by atoms with Crippen LogP contribution in [-0.2, 0) is 9.59 Å². The van der Waals surface area contributed by atoms with Crippen LogP contribution in [0.5, 0.6) is 5.88 Å². The summed E-state index contributed by atoms with van der Waals surface area (Å²) >= 11 is 0. The van der Waals surface area contributed by atoms with Crippen LogP contribution in [0, 0.1) is 18.8 Å². The average molecular weight is 410 g/mol. The monoisotopic (exact) mass is 409 g/mol. The van der Waals surface area contributed by atoms with E-state index in [2.05, 4.69) is 16.5 Å². The number of allylic oxidation sites excluding steroid dienone is 1. The van der Waals surface area contributed by atoms with E-state index in [1.807, 2.05) is 44.3 Å². The first kappa shape index (κ1) is 21.9. The Kier molecular flexibility index (Phi) is 7.19. The van der Waals surface area contributed by atoms with Crippen LogP contribution in [0.15, 0.2) is 36.9 Å². The molecule has 1 heterocycles. The summed E-state index contributed by atoms with van der Waals surface area (Å²) in [6.45, 7) is 7.82. The third-order valence-electron chi connectivity index (χ3n) is 5.85. The van der Waals surface area contributed by atoms with E-state index < -0.39 is 0 Å². The number of fused-ring (bicyclic) bond motifs is 1. The Balaban J connectivity index is 1.72. The lowest BCUT2D eigenvalue weighted by Crippen LogP contribution is -2.37. The van der Waals surface area contributed by atoms with Crippen LogP contribution >= 0.6 is 0 Å². The summed E-state index contributed by atoms with van der Waals surface area (Å²) < 4.78 is 6.24. The maximum atomic E-state index is 13.1. The van der Waals surface area contributed by atoms with Crippen LogP contribution in [-0.4, -0.2) is 46.3 Å². The van der Waals surface area contributed by atoms with E-state index in [4.69, 9.17) is 4.74 Å². The highest BCUT2D eigenvalue weighted by molar-refractivity contribution is 5.88. The molecular formula is C24H31N3O3. The summed E-state index contributed by atoms with van der Waals surface area (Å²) in [5, 5.41) is 0.844. The molecule has 0 bridgehead atoms. The number of Topliss-reactive ketones (excluding diaryl/α,β-unsaturated/α-hetero) is 1. The smallest absolute Gasteiger partial charge is 0.226 e. The number of amides is 1. The lowest BCUT2D eigenvalue weighted by atomic mass is 9.91. The van der Waals surface area contributed by atoms with Crippen molar-refractivity contribution in [2.45, 2.75) is 52.1 Å². The number of ketones is 1. The average Bonchev–Trinajstić information content (AvgIpc) is 3.14. The Hall–Kier alpha value is -2.76. The molecule has 30 heavy (non-hydrogen) atoms. The molecule has 1 aliphatic carbocycles. The molecule has 1 amide bonds. The second-order valence-electron chi connectivity index (χ2n) is 8.17. The van der Waals surface area contributed by atoms with E-state index in [0.717, 1.165) is 30.2 Å². The highest BCUT2D eigenvalue weighted by Gasteiger charge is 2.43. The second-order valence-corrected chi connectivity index (χ2v) is 8.17. The van der Waals surface area contributed by atoms with Gasteiger partial charge in [-0.3, -0.25) is 9.59 Å². The quantitative estimate of drug-likeness (QED) is 0.460. The molecule has 1 aromatic heterocycles. The van der Waals surface area contributed by atoms with Crippen molar-refractivity contribution in [2.75, 3.05) is 13.6 Å². The second kappa shape index (κ2) is 9.83. The summed E-state index contributed by atoms with van der Waals surface area (Å²) in [5.41, 5.74) is 0.827. The Labute approximate surface area is 178 Å². The largest absolute Gasteiger partial charge is 0.474 e. The summed E-state index contributed by atoms with van der Waals surface area (Å²) in [7, 11) is 1.82. The summed E-state index contributed by atoms with van der Waals surface area (Å²) in [5.74, 6) is 0.582. The zero-order valence-electron chi connectivity index (χ0n) is 18.1. The Bertz CT molecular complexity index is 927. The normalized spacial score (nSPS) is 20.8. The van der Waals surface area contributed by atoms with Crippen LogP contribution in [0.2, 0.25) is 0 Å². The van der Waals surface area contributed by atoms with Gasteiger partial charge < -0.3 is 9.64 Å². The van der Waals surface area contributed by atoms with Gasteiger partial charge in [0.1, 0.15) is 17.7 Å². The maximum Gasteiger partial charge on any atom is 0.226 e. The number of nitrogens with zero attached hydrogens (tertiary/aromatic N) is 3. The van der Waals surface area contributed by atoms with Gasteiger partial charge in [-0.05, 0) is 58.1 Å². The minimum Gasteiger partial charge on any atom is -0.474 e. The van der Waals surface area contributed by atoms with Gasteiger partial charge in [-0.15, -0.1) is 6.58 Å². The molecule has 0 saturated heterocycles. The van der Waals surface area contributed by atoms with Crippen LogP contribution in [0.4, 0.5) is 0 Å². The van der Waals surface area contributed by atoms with E-state index in [1.54, 1.807) is 11.8 Å². The number of hydrogen-bond acceptors (Lipinski definition) is 5. The fraction of sp³-hybridized carbons (Fsp3) is 0.500. The van der Waals surface area contributed by atoms with E-state index in [0.29, 0.717) is 31.1 Å². The number of benzene rings is 1. The van der Waals surface area contributed by atoms with Crippen LogP contribution in [0.3, 0.4) is 0 Å². The molecule has 0 unspecified atom stereocenters. The van der Waals surface area contributed by atoms with Crippen molar-refractivity contribution in [1.29, 1.82) is 0 Å². The van der Waals surface area contributed by atoms with Gasteiger partial charge in [0.05, 0.1) is 16.8 Å². The molecule has 3 atom stereocenters. The van der Waals surface area contributed by atoms with Gasteiger partial charge in [-0.1, -0.05) is 18.2 Å². The number of carbonyl (C=O) groups excluding carboxylic acids is 2. The van der Waals surface area contributed by atoms with Gasteiger partial charge in [0, 0.05) is 19.5 Å². The maximum absolute atomic E-state index is 13.1. The summed E-state index contributed by atoms with van der Waals surface area (Å²) in [4.78, 5) is 36.0. The van der Waals surface area contributed by atoms with E-state index in [-0.39, 0.29) is 29.6 Å². The summed E-state index contributed by atoms with van der Waals surface area (Å²) in [6.07, 6.45) is 5.62. The van der Waals surface area contributed by atoms with E-state index >= 15 is 0 Å². The molecule has 0 aliphatic heterocycles. The van der Waals surface area contributed by atoms with Crippen molar-refractivity contribution in [1.82, 2.24) is 14.9 Å². The molecule has 0 N–H and O–H groups in total. The molecule has 3 rings (SSSR count). The molecule has 1 fully saturated rings. The highest BCUT2D eigenvalue weighted by atomic mass is 16.5. The highest BCUT2D eigenvalue weighted by Crippen LogP contribution is 2.37. The van der Waals surface area contributed by atoms with Gasteiger partial charge in [-0.2, -0.15) is 4.98 Å². The van der Waals surface area contributed by atoms with E-state index in [1.165, 1.54) is 0 Å². The molecule has 1 aromatic carbocycles. The number of ether oxygens (including phenoxy) is 1. The lowest BCUT2D eigenvalue weighted by molar-refractivity contribution is -0.138. The predicted molar refractivity (Wildman–Crippen MR) is 117 cm³/mol. The van der Waals surface area contributed by atoms with Gasteiger partial charge in [0.15, 0.2) is 0 Å². The number of aryl methyl sites for hydroxylation is 1. The molecule has 6 heteroatoms. The third kappa shape index (κ3) is 5.04. The van der Waals surface area contributed by atoms with Gasteiger partial charge in [0.25, 0.3) is 0 Å². The molecule has 1 saturated carbocycles. The molecule has 160 valence electrons. The lowest BCUT2D eigenvalue weighted by Gasteiger charge is -2.23. The fourth-order valence-electron chi connectivity index (χ4n) is 4.25. The zero-order chi connectivity index (χ0) is 21.7. The minimum atomic E-state index is -0.342. The number of unbranched alkanes of at least 4 members (excludes halogenated alkanes) is 2. The van der Waals surface area contributed by atoms with Crippen LogP contribution in [0.1, 0.15) is 44.9 Å². The standard InChI is InChI=1S/C24H31N3O3/c1-5-6-7-10-13-27(4)24(29)21-15-18(14-20(21)16(2)28)30-23-19-11-8-9-12-22(19)25-17(3)26-23/h5,8-9,11-12,18,20-21H,1,6-7,10,13-15H2,2-4H3/t18-,20+,21-/m1/s1. The molecule has 0 spiro atoms. The zero-order valence-corrected chi connectivity index (χ0v) is 18.1. The Morgan fingerprint density at radius 2 is 1.93 bits per heavy atom. The van der Waals surface area contributed by atoms with Crippen LogP contribution in [0.25, 0.3) is 10.9 Å². The summed E-state index contributed by atoms with van der Waals surface area (Å²) in [6, 6.07) is 7.72. The molecular weight excluding hydrogens is 378 g/mol. The van der Waals surface area contributed by atoms with E-state index in [9.17, 15) is 9.59 Å². The first-order valence-corrected chi connectivity index (χ1v) is 10.7. The molecule has 2 aromatic rings. The molecule has 0 radical (unpaired) electrons. The topological polar surface area (TPSA) is 72.4 Å². The van der Waals surface area contributed by atoms with Crippen molar-refractivity contribution in [3.63, 3.8) is 0 Å². The Morgan fingerprint density at radius 3 is 2.67 bits per heavy atom. The van der Waals surface area contributed by atoms with Crippen molar-refractivity contribution in [2.24, 2.45) is 11.8 Å². The van der Waals surface area contributed by atoms with Crippen molar-refractivity contribution in [3.05, 3.63) is 42.7 Å². The SMILES string of the molecule is C=CCCCCN(C)C(=O)[C@@H]1C[C@H](Oc2nc(C)nc3ccccc23)C[C@H]1C(C)=O. The third-order valence-corrected chi connectivity index (χ3v) is 5.85. The Morgan fingerprint density at radius 1 is 1.20 bits per heavy atom. The molecule has 6 nitrogen and oxygen atoms in total. The van der Waals surface area contributed by atoms with Crippen molar-refractivity contribution < 1.29 is 14.3 Å². The first-order valence-electron chi connectivity index (χ1n) is 10.7. The predicted octanol–water partition coefficient (Wildman–Crippen LogP) is 4.12. The number of hydrogen-bond donors (Lipinski definition) is 0. The number of carbonyl (C=O) groups is 2. The van der Waals surface area contributed by atoms with Crippen molar-refractivity contribution in [3.8, 4) is 5.88 Å². The number of rotatable bonds is 9. The van der Waals surface area contributed by atoms with Gasteiger partial charge in [0.2, 0.25) is 11.8 Å². The van der Waals surface area contributed by atoms with Crippen molar-refractivity contribution >= 4 is 22.6 Å². The van der Waals surface area contributed by atoms with Crippen LogP contribution < -0.4 is 4.74 Å².